The van der Waals surface area contributed by atoms with Crippen LogP contribution >= 0.6 is 0 Å². The van der Waals surface area contributed by atoms with Crippen LogP contribution in [0.25, 0.3) is 0 Å². The third-order valence-corrected chi connectivity index (χ3v) is 4.70. The quantitative estimate of drug-likeness (QED) is 0.905. The molecule has 0 saturated carbocycles. The molecule has 132 valence electrons. The predicted octanol–water partition coefficient (Wildman–Crippen LogP) is 1.85. The van der Waals surface area contributed by atoms with E-state index in [1.807, 2.05) is 24.1 Å². The van der Waals surface area contributed by atoms with Crippen molar-refractivity contribution in [2.75, 3.05) is 6.54 Å². The van der Waals surface area contributed by atoms with Crippen molar-refractivity contribution < 1.29 is 5.11 Å². The number of hydrogen-bond donors (Lipinski definition) is 1. The van der Waals surface area contributed by atoms with Gasteiger partial charge in [0.05, 0.1) is 29.7 Å². The summed E-state index contributed by atoms with van der Waals surface area (Å²) in [6.45, 7) is 8.20. The summed E-state index contributed by atoms with van der Waals surface area (Å²) >= 11 is 0. The van der Waals surface area contributed by atoms with Gasteiger partial charge in [0.15, 0.2) is 0 Å². The average Bonchev–Trinajstić information content (AvgIpc) is 3.21. The third-order valence-electron chi connectivity index (χ3n) is 4.70. The molecule has 2 aromatic heterocycles. The molecule has 2 atom stereocenters. The van der Waals surface area contributed by atoms with Crippen molar-refractivity contribution in [1.29, 1.82) is 0 Å². The minimum absolute atomic E-state index is 0.0494. The molecule has 24 heavy (non-hydrogen) atoms. The zero-order valence-electron chi connectivity index (χ0n) is 15.1. The molecule has 1 aliphatic rings. The van der Waals surface area contributed by atoms with Crippen LogP contribution in [0.2, 0.25) is 0 Å². The van der Waals surface area contributed by atoms with Crippen molar-refractivity contribution in [1.82, 2.24) is 29.7 Å². The molecule has 1 N–H and O–H groups in total. The van der Waals surface area contributed by atoms with Crippen LogP contribution in [0.3, 0.4) is 0 Å². The first-order valence-electron chi connectivity index (χ1n) is 8.65. The summed E-state index contributed by atoms with van der Waals surface area (Å²) in [5.74, 6) is 0. The van der Waals surface area contributed by atoms with E-state index in [1.54, 1.807) is 10.9 Å². The van der Waals surface area contributed by atoms with Crippen LogP contribution in [-0.2, 0) is 19.1 Å². The molecule has 0 spiro atoms. The molecular weight excluding hydrogens is 304 g/mol. The Bertz CT molecular complexity index is 671. The third kappa shape index (κ3) is 3.84. The van der Waals surface area contributed by atoms with Crippen molar-refractivity contribution in [3.63, 3.8) is 0 Å². The largest absolute Gasteiger partial charge is 0.388 e. The minimum atomic E-state index is -0.463. The van der Waals surface area contributed by atoms with Gasteiger partial charge in [0, 0.05) is 31.4 Å². The number of likely N-dealkylation sites (tertiary alicyclic amines) is 1. The SMILES string of the molecule is Cn1cc(C(O)CC2CCCN2Cc2cn(C(C)(C)C)nn2)cn1. The number of nitrogens with zero attached hydrogens (tertiary/aromatic N) is 6. The molecule has 3 rings (SSSR count). The number of rotatable bonds is 5. The second-order valence-electron chi connectivity index (χ2n) is 7.79. The summed E-state index contributed by atoms with van der Waals surface area (Å²) in [7, 11) is 1.87. The summed E-state index contributed by atoms with van der Waals surface area (Å²) in [6.07, 6.45) is 8.22. The normalized spacial score (nSPS) is 20.6. The average molecular weight is 332 g/mol. The molecule has 7 nitrogen and oxygen atoms in total. The Hall–Kier alpha value is -1.73. The summed E-state index contributed by atoms with van der Waals surface area (Å²) in [5.41, 5.74) is 1.84. The maximum absolute atomic E-state index is 10.5. The molecule has 0 amide bonds. The van der Waals surface area contributed by atoms with Gasteiger partial charge in [0.25, 0.3) is 0 Å². The minimum Gasteiger partial charge on any atom is -0.388 e. The molecule has 1 fully saturated rings. The topological polar surface area (TPSA) is 72.0 Å². The number of aliphatic hydroxyl groups excluding tert-OH is 1. The van der Waals surface area contributed by atoms with Gasteiger partial charge >= 0.3 is 0 Å². The van der Waals surface area contributed by atoms with Crippen LogP contribution < -0.4 is 0 Å². The Kier molecular flexibility index (Phi) is 4.73. The molecule has 2 aromatic rings. The van der Waals surface area contributed by atoms with E-state index in [0.29, 0.717) is 6.04 Å². The highest BCUT2D eigenvalue weighted by molar-refractivity contribution is 5.08. The maximum atomic E-state index is 10.5. The van der Waals surface area contributed by atoms with E-state index in [1.165, 1.54) is 0 Å². The lowest BCUT2D eigenvalue weighted by atomic mass is 10.0. The Labute approximate surface area is 143 Å². The maximum Gasteiger partial charge on any atom is 0.0967 e. The van der Waals surface area contributed by atoms with Crippen LogP contribution in [0.4, 0.5) is 0 Å². The van der Waals surface area contributed by atoms with Crippen molar-refractivity contribution in [3.8, 4) is 0 Å². The van der Waals surface area contributed by atoms with E-state index in [9.17, 15) is 5.11 Å². The van der Waals surface area contributed by atoms with Gasteiger partial charge in [-0.25, -0.2) is 4.68 Å². The zero-order valence-corrected chi connectivity index (χ0v) is 15.1. The van der Waals surface area contributed by atoms with Gasteiger partial charge < -0.3 is 5.11 Å². The number of aryl methyl sites for hydroxylation is 1. The van der Waals surface area contributed by atoms with E-state index >= 15 is 0 Å². The summed E-state index contributed by atoms with van der Waals surface area (Å²) in [6, 6.07) is 0.375. The molecule has 1 saturated heterocycles. The van der Waals surface area contributed by atoms with E-state index in [4.69, 9.17) is 0 Å². The van der Waals surface area contributed by atoms with Crippen LogP contribution in [-0.4, -0.2) is 47.4 Å². The fraction of sp³-hybridized carbons (Fsp3) is 0.706. The Morgan fingerprint density at radius 2 is 2.12 bits per heavy atom. The highest BCUT2D eigenvalue weighted by Gasteiger charge is 2.28. The zero-order chi connectivity index (χ0) is 17.3. The highest BCUT2D eigenvalue weighted by atomic mass is 16.3. The fourth-order valence-electron chi connectivity index (χ4n) is 3.28. The Balaban J connectivity index is 1.62. The first-order valence-corrected chi connectivity index (χ1v) is 8.65. The predicted molar refractivity (Wildman–Crippen MR) is 91.2 cm³/mol. The molecule has 1 aliphatic heterocycles. The van der Waals surface area contributed by atoms with E-state index in [-0.39, 0.29) is 5.54 Å². The molecule has 2 unspecified atom stereocenters. The van der Waals surface area contributed by atoms with Gasteiger partial charge in [0.2, 0.25) is 0 Å². The van der Waals surface area contributed by atoms with Crippen LogP contribution in [0.1, 0.15) is 57.4 Å². The van der Waals surface area contributed by atoms with Crippen molar-refractivity contribution in [3.05, 3.63) is 29.8 Å². The standard InChI is InChI=1S/C17H28N6O/c1-17(2,3)23-12-14(19-20-23)11-22-7-5-6-15(22)8-16(24)13-9-18-21(4)10-13/h9-10,12,15-16,24H,5-8,11H2,1-4H3. The summed E-state index contributed by atoms with van der Waals surface area (Å²) < 4.78 is 3.65. The molecule has 7 heteroatoms. The Morgan fingerprint density at radius 1 is 1.33 bits per heavy atom. The number of aliphatic hydroxyl groups is 1. The molecule has 0 radical (unpaired) electrons. The van der Waals surface area contributed by atoms with Gasteiger partial charge in [-0.1, -0.05) is 5.21 Å². The van der Waals surface area contributed by atoms with E-state index < -0.39 is 6.10 Å². The molecular formula is C17H28N6O. The molecule has 0 bridgehead atoms. The van der Waals surface area contributed by atoms with Crippen LogP contribution in [0.5, 0.6) is 0 Å². The van der Waals surface area contributed by atoms with E-state index in [2.05, 4.69) is 41.1 Å². The van der Waals surface area contributed by atoms with Gasteiger partial charge in [-0.3, -0.25) is 9.58 Å². The summed E-state index contributed by atoms with van der Waals surface area (Å²) in [5, 5.41) is 23.2. The van der Waals surface area contributed by atoms with Crippen LogP contribution in [0.15, 0.2) is 18.6 Å². The smallest absolute Gasteiger partial charge is 0.0967 e. The molecule has 0 aromatic carbocycles. The highest BCUT2D eigenvalue weighted by Crippen LogP contribution is 2.28. The second kappa shape index (κ2) is 6.64. The lowest BCUT2D eigenvalue weighted by Gasteiger charge is -2.25. The fourth-order valence-corrected chi connectivity index (χ4v) is 3.28. The van der Waals surface area contributed by atoms with Gasteiger partial charge in [-0.2, -0.15) is 5.10 Å². The van der Waals surface area contributed by atoms with Gasteiger partial charge in [-0.15, -0.1) is 5.10 Å². The first kappa shape index (κ1) is 17.1. The molecule has 0 aliphatic carbocycles. The van der Waals surface area contributed by atoms with Gasteiger partial charge in [0.1, 0.15) is 0 Å². The van der Waals surface area contributed by atoms with Gasteiger partial charge in [-0.05, 0) is 46.6 Å². The first-order chi connectivity index (χ1) is 11.3. The molecule has 3 heterocycles. The van der Waals surface area contributed by atoms with Crippen molar-refractivity contribution in [2.45, 2.75) is 64.3 Å². The number of hydrogen-bond acceptors (Lipinski definition) is 5. The van der Waals surface area contributed by atoms with E-state index in [0.717, 1.165) is 43.6 Å². The lowest BCUT2D eigenvalue weighted by Crippen LogP contribution is -2.30. The summed E-state index contributed by atoms with van der Waals surface area (Å²) in [4.78, 5) is 2.41. The second-order valence-corrected chi connectivity index (χ2v) is 7.79. The number of aromatic nitrogens is 5. The van der Waals surface area contributed by atoms with Crippen molar-refractivity contribution in [2.24, 2.45) is 7.05 Å². The van der Waals surface area contributed by atoms with Crippen molar-refractivity contribution >= 4 is 0 Å². The van der Waals surface area contributed by atoms with Crippen LogP contribution in [0, 0.1) is 0 Å². The lowest BCUT2D eigenvalue weighted by molar-refractivity contribution is 0.117. The Morgan fingerprint density at radius 3 is 2.75 bits per heavy atom. The monoisotopic (exact) mass is 332 g/mol.